The van der Waals surface area contributed by atoms with Crippen LogP contribution < -0.4 is 15.4 Å². The van der Waals surface area contributed by atoms with Gasteiger partial charge in [0.05, 0.1) is 17.7 Å². The molecule has 0 aliphatic carbocycles. The van der Waals surface area contributed by atoms with Crippen molar-refractivity contribution < 1.29 is 9.53 Å². The molecule has 0 atom stereocenters. The number of carbonyl (C=O) groups is 1. The quantitative estimate of drug-likeness (QED) is 0.859. The Kier molecular flexibility index (Phi) is 4.53. The Hall–Kier alpha value is -2.01. The lowest BCUT2D eigenvalue weighted by Gasteiger charge is -2.19. The maximum absolute atomic E-state index is 11.6. The number of ketones is 1. The maximum Gasteiger partial charge on any atom is 0.177 e. The summed E-state index contributed by atoms with van der Waals surface area (Å²) in [4.78, 5) is 14.2. The van der Waals surface area contributed by atoms with Gasteiger partial charge in [0.25, 0.3) is 0 Å². The molecule has 0 spiro atoms. The number of rotatable bonds is 5. The molecule has 0 aliphatic heterocycles. The van der Waals surface area contributed by atoms with E-state index in [1.54, 1.807) is 7.11 Å². The van der Waals surface area contributed by atoms with E-state index in [1.165, 1.54) is 29.4 Å². The molecular formula is C16H20N2O2S. The number of anilines is 2. The normalized spacial score (nSPS) is 10.5. The van der Waals surface area contributed by atoms with Gasteiger partial charge >= 0.3 is 0 Å². The minimum atomic E-state index is -0.0361. The number of methoxy groups -OCH3 is 1. The molecule has 0 bridgehead atoms. The summed E-state index contributed by atoms with van der Waals surface area (Å²) < 4.78 is 5.38. The number of nitrogen functional groups attached to an aromatic ring is 1. The first-order valence-electron chi connectivity index (χ1n) is 6.68. The summed E-state index contributed by atoms with van der Waals surface area (Å²) in [5.74, 6) is 0.548. The van der Waals surface area contributed by atoms with Crippen LogP contribution in [0.25, 0.3) is 0 Å². The summed E-state index contributed by atoms with van der Waals surface area (Å²) in [6, 6.07) is 8.34. The molecule has 1 aromatic carbocycles. The third kappa shape index (κ3) is 3.19. The molecule has 0 aliphatic rings. The molecule has 5 heteroatoms. The average molecular weight is 304 g/mol. The predicted molar refractivity (Wildman–Crippen MR) is 88.6 cm³/mol. The van der Waals surface area contributed by atoms with Crippen LogP contribution in [0.5, 0.6) is 5.75 Å². The second kappa shape index (κ2) is 6.18. The summed E-state index contributed by atoms with van der Waals surface area (Å²) in [5, 5.41) is 0.877. The summed E-state index contributed by atoms with van der Waals surface area (Å²) in [6.07, 6.45) is 0. The Morgan fingerprint density at radius 3 is 2.71 bits per heavy atom. The molecule has 0 radical (unpaired) electrons. The summed E-state index contributed by atoms with van der Waals surface area (Å²) in [6.45, 7) is 4.32. The van der Waals surface area contributed by atoms with E-state index in [2.05, 4.69) is 30.0 Å². The highest BCUT2D eigenvalue weighted by Crippen LogP contribution is 2.44. The highest BCUT2D eigenvalue weighted by Gasteiger charge is 2.22. The van der Waals surface area contributed by atoms with Gasteiger partial charge in [-0.3, -0.25) is 4.79 Å². The molecule has 21 heavy (non-hydrogen) atoms. The molecule has 0 saturated heterocycles. The fraction of sp³-hybridized carbons (Fsp3) is 0.312. The van der Waals surface area contributed by atoms with Crippen molar-refractivity contribution in [1.82, 2.24) is 0 Å². The second-order valence-electron chi connectivity index (χ2n) is 5.08. The fourth-order valence-corrected chi connectivity index (χ4v) is 3.33. The number of benzene rings is 1. The van der Waals surface area contributed by atoms with Crippen molar-refractivity contribution >= 4 is 27.8 Å². The number of hydrogen-bond acceptors (Lipinski definition) is 5. The number of nitrogens with two attached hydrogens (primary N) is 1. The average Bonchev–Trinajstić information content (AvgIpc) is 2.75. The van der Waals surface area contributed by atoms with Crippen LogP contribution in [-0.2, 0) is 6.54 Å². The van der Waals surface area contributed by atoms with Gasteiger partial charge in [-0.2, -0.15) is 0 Å². The molecule has 0 saturated carbocycles. The van der Waals surface area contributed by atoms with Gasteiger partial charge in [0.1, 0.15) is 5.00 Å². The smallest absolute Gasteiger partial charge is 0.177 e. The van der Waals surface area contributed by atoms with E-state index in [9.17, 15) is 4.79 Å². The van der Waals surface area contributed by atoms with Crippen molar-refractivity contribution in [2.24, 2.45) is 0 Å². The van der Waals surface area contributed by atoms with Crippen LogP contribution in [-0.4, -0.2) is 19.9 Å². The molecule has 2 N–H and O–H groups in total. The van der Waals surface area contributed by atoms with Gasteiger partial charge < -0.3 is 15.4 Å². The van der Waals surface area contributed by atoms with E-state index >= 15 is 0 Å². The molecular weight excluding hydrogens is 284 g/mol. The number of aryl methyl sites for hydroxylation is 1. The van der Waals surface area contributed by atoms with Crippen molar-refractivity contribution in [2.75, 3.05) is 24.8 Å². The van der Waals surface area contributed by atoms with Crippen LogP contribution >= 0.6 is 11.3 Å². The van der Waals surface area contributed by atoms with Gasteiger partial charge in [-0.25, -0.2) is 0 Å². The first kappa shape index (κ1) is 15.4. The van der Waals surface area contributed by atoms with Gasteiger partial charge in [0, 0.05) is 20.5 Å². The molecule has 0 fully saturated rings. The van der Waals surface area contributed by atoms with Crippen molar-refractivity contribution in [3.8, 4) is 5.75 Å². The maximum atomic E-state index is 11.6. The number of carbonyl (C=O) groups excluding carboxylic acids is 1. The van der Waals surface area contributed by atoms with Gasteiger partial charge in [-0.15, -0.1) is 11.3 Å². The van der Waals surface area contributed by atoms with Gasteiger partial charge in [-0.1, -0.05) is 29.8 Å². The second-order valence-corrected chi connectivity index (χ2v) is 6.08. The van der Waals surface area contributed by atoms with Crippen molar-refractivity contribution in [3.05, 3.63) is 40.3 Å². The van der Waals surface area contributed by atoms with Gasteiger partial charge in [0.15, 0.2) is 11.5 Å². The van der Waals surface area contributed by atoms with E-state index < -0.39 is 0 Å². The Balaban J connectivity index is 2.32. The molecule has 0 unspecified atom stereocenters. The first-order valence-corrected chi connectivity index (χ1v) is 7.49. The minimum Gasteiger partial charge on any atom is -0.492 e. The third-order valence-electron chi connectivity index (χ3n) is 3.26. The Morgan fingerprint density at radius 2 is 2.14 bits per heavy atom. The van der Waals surface area contributed by atoms with Crippen molar-refractivity contribution in [1.29, 1.82) is 0 Å². The van der Waals surface area contributed by atoms with Crippen LogP contribution in [0, 0.1) is 6.92 Å². The highest BCUT2D eigenvalue weighted by molar-refractivity contribution is 7.19. The summed E-state index contributed by atoms with van der Waals surface area (Å²) >= 11 is 1.38. The minimum absolute atomic E-state index is 0.0361. The molecule has 112 valence electrons. The van der Waals surface area contributed by atoms with E-state index in [4.69, 9.17) is 10.5 Å². The Bertz CT molecular complexity index is 664. The van der Waals surface area contributed by atoms with E-state index in [1.807, 2.05) is 13.1 Å². The van der Waals surface area contributed by atoms with Crippen LogP contribution in [0.1, 0.15) is 27.7 Å². The predicted octanol–water partition coefficient (Wildman–Crippen LogP) is 3.49. The molecule has 1 aromatic heterocycles. The number of Topliss-reactive ketones (excluding diaryl/α,β-unsaturated/α-hetero) is 1. The van der Waals surface area contributed by atoms with E-state index in [-0.39, 0.29) is 5.78 Å². The fourth-order valence-electron chi connectivity index (χ4n) is 2.28. The number of ether oxygens (including phenoxy) is 1. The lowest BCUT2D eigenvalue weighted by Crippen LogP contribution is -2.15. The van der Waals surface area contributed by atoms with Crippen LogP contribution in [0.3, 0.4) is 0 Å². The Labute approximate surface area is 129 Å². The molecule has 4 nitrogen and oxygen atoms in total. The zero-order chi connectivity index (χ0) is 15.6. The Morgan fingerprint density at radius 1 is 1.43 bits per heavy atom. The zero-order valence-corrected chi connectivity index (χ0v) is 13.6. The van der Waals surface area contributed by atoms with E-state index in [0.29, 0.717) is 16.3 Å². The van der Waals surface area contributed by atoms with Crippen molar-refractivity contribution in [3.63, 3.8) is 0 Å². The molecule has 2 rings (SSSR count). The van der Waals surface area contributed by atoms with Crippen LogP contribution in [0.15, 0.2) is 24.3 Å². The lowest BCUT2D eigenvalue weighted by atomic mass is 10.1. The largest absolute Gasteiger partial charge is 0.492 e. The molecule has 1 heterocycles. The first-order chi connectivity index (χ1) is 9.93. The van der Waals surface area contributed by atoms with E-state index in [0.717, 1.165) is 11.5 Å². The topological polar surface area (TPSA) is 55.6 Å². The summed E-state index contributed by atoms with van der Waals surface area (Å²) in [5.41, 5.74) is 8.87. The molecule has 0 amide bonds. The van der Waals surface area contributed by atoms with Crippen LogP contribution in [0.4, 0.5) is 10.7 Å². The van der Waals surface area contributed by atoms with Crippen LogP contribution in [0.2, 0.25) is 0 Å². The van der Waals surface area contributed by atoms with Gasteiger partial charge in [-0.05, 0) is 12.5 Å². The monoisotopic (exact) mass is 304 g/mol. The van der Waals surface area contributed by atoms with Crippen molar-refractivity contribution in [2.45, 2.75) is 20.4 Å². The number of nitrogens with zero attached hydrogens (tertiary/aromatic N) is 1. The number of hydrogen-bond donors (Lipinski definition) is 1. The molecule has 2 aromatic rings. The SMILES string of the molecule is COc1c(N(C)Cc2cccc(C)c2)sc(C(C)=O)c1N. The third-order valence-corrected chi connectivity index (χ3v) is 4.66. The highest BCUT2D eigenvalue weighted by atomic mass is 32.1. The lowest BCUT2D eigenvalue weighted by molar-refractivity contribution is 0.102. The zero-order valence-electron chi connectivity index (χ0n) is 12.8. The van der Waals surface area contributed by atoms with Gasteiger partial charge in [0.2, 0.25) is 0 Å². The standard InChI is InChI=1S/C16H20N2O2S/c1-10-6-5-7-12(8-10)9-18(3)16-14(20-4)13(17)15(21-16)11(2)19/h5-8H,9,17H2,1-4H3. The number of thiophene rings is 1. The summed E-state index contributed by atoms with van der Waals surface area (Å²) in [7, 11) is 3.55.